The minimum atomic E-state index is 0.253. The topological polar surface area (TPSA) is 12.0 Å². The first-order chi connectivity index (χ1) is 7.60. The monoisotopic (exact) mass is 257 g/mol. The van der Waals surface area contributed by atoms with Gasteiger partial charge in [-0.2, -0.15) is 0 Å². The molecule has 88 valence electrons. The molecule has 1 atom stereocenters. The number of likely N-dealkylation sites (N-methyl/N-ethyl adjacent to an activating group) is 1. The summed E-state index contributed by atoms with van der Waals surface area (Å²) in [4.78, 5) is 0. The lowest BCUT2D eigenvalue weighted by Crippen LogP contribution is -2.50. The fourth-order valence-corrected chi connectivity index (χ4v) is 2.91. The summed E-state index contributed by atoms with van der Waals surface area (Å²) >= 11 is 12.1. The molecule has 0 saturated heterocycles. The van der Waals surface area contributed by atoms with Crippen LogP contribution in [-0.2, 0) is 5.41 Å². The smallest absolute Gasteiger partial charge is 0.0595 e. The van der Waals surface area contributed by atoms with Crippen LogP contribution in [0.3, 0.4) is 0 Å². The summed E-state index contributed by atoms with van der Waals surface area (Å²) in [6.45, 7) is 2.24. The highest BCUT2D eigenvalue weighted by atomic mass is 35.5. The Labute approximate surface area is 107 Å². The molecule has 1 aliphatic carbocycles. The number of hydrogen-bond acceptors (Lipinski definition) is 1. The van der Waals surface area contributed by atoms with Gasteiger partial charge in [-0.1, -0.05) is 35.7 Å². The van der Waals surface area contributed by atoms with Crippen molar-refractivity contribution in [1.82, 2.24) is 5.32 Å². The minimum Gasteiger partial charge on any atom is -0.316 e. The molecule has 1 nitrogen and oxygen atoms in total. The van der Waals surface area contributed by atoms with Crippen molar-refractivity contribution in [1.29, 1.82) is 0 Å². The van der Waals surface area contributed by atoms with Crippen LogP contribution in [0.4, 0.5) is 0 Å². The number of benzene rings is 1. The van der Waals surface area contributed by atoms with Gasteiger partial charge < -0.3 is 5.32 Å². The maximum Gasteiger partial charge on any atom is 0.0595 e. The van der Waals surface area contributed by atoms with Crippen LogP contribution in [0.1, 0.15) is 31.7 Å². The Balaban J connectivity index is 2.37. The van der Waals surface area contributed by atoms with Gasteiger partial charge in [-0.05, 0) is 44.5 Å². The van der Waals surface area contributed by atoms with Crippen LogP contribution in [0.2, 0.25) is 10.0 Å². The minimum absolute atomic E-state index is 0.253. The van der Waals surface area contributed by atoms with E-state index in [9.17, 15) is 0 Å². The molecule has 1 saturated carbocycles. The van der Waals surface area contributed by atoms with E-state index in [4.69, 9.17) is 23.2 Å². The quantitative estimate of drug-likeness (QED) is 0.863. The van der Waals surface area contributed by atoms with E-state index in [0.717, 1.165) is 0 Å². The van der Waals surface area contributed by atoms with Crippen LogP contribution in [-0.4, -0.2) is 13.1 Å². The van der Waals surface area contributed by atoms with Gasteiger partial charge in [0.25, 0.3) is 0 Å². The van der Waals surface area contributed by atoms with Crippen LogP contribution in [0.25, 0.3) is 0 Å². The highest BCUT2D eigenvalue weighted by Gasteiger charge is 2.42. The molecule has 1 aromatic carbocycles. The Bertz CT molecular complexity index is 386. The molecule has 1 aromatic rings. The third-order valence-corrected chi connectivity index (χ3v) is 4.74. The summed E-state index contributed by atoms with van der Waals surface area (Å²) in [7, 11) is 2.02. The van der Waals surface area contributed by atoms with Gasteiger partial charge >= 0.3 is 0 Å². The van der Waals surface area contributed by atoms with Gasteiger partial charge in [0.1, 0.15) is 0 Å². The molecule has 1 aliphatic rings. The van der Waals surface area contributed by atoms with E-state index in [2.05, 4.69) is 18.3 Å². The molecule has 1 unspecified atom stereocenters. The van der Waals surface area contributed by atoms with Crippen molar-refractivity contribution in [3.05, 3.63) is 33.8 Å². The lowest BCUT2D eigenvalue weighted by molar-refractivity contribution is 0.185. The first-order valence-corrected chi connectivity index (χ1v) is 6.48. The second kappa shape index (κ2) is 4.56. The van der Waals surface area contributed by atoms with E-state index in [1.807, 2.05) is 19.2 Å². The van der Waals surface area contributed by atoms with Gasteiger partial charge in [-0.25, -0.2) is 0 Å². The molecule has 0 bridgehead atoms. The lowest BCUT2D eigenvalue weighted by Gasteiger charge is -2.47. The van der Waals surface area contributed by atoms with E-state index in [0.29, 0.717) is 16.1 Å². The summed E-state index contributed by atoms with van der Waals surface area (Å²) in [5, 5.41) is 4.66. The third kappa shape index (κ3) is 1.85. The maximum absolute atomic E-state index is 6.10. The molecule has 0 radical (unpaired) electrons. The largest absolute Gasteiger partial charge is 0.316 e. The molecule has 1 fully saturated rings. The second-order valence-corrected chi connectivity index (χ2v) is 5.46. The Morgan fingerprint density at radius 3 is 2.38 bits per heavy atom. The average Bonchev–Trinajstić information content (AvgIpc) is 2.21. The standard InChI is InChI=1S/C13H17Cl2N/c1-9(16-2)13(6-3-7-13)10-4-5-11(14)12(15)8-10/h4-5,8-9,16H,3,6-7H2,1-2H3. The van der Waals surface area contributed by atoms with Gasteiger partial charge in [0.2, 0.25) is 0 Å². The van der Waals surface area contributed by atoms with Crippen molar-refractivity contribution >= 4 is 23.2 Å². The van der Waals surface area contributed by atoms with Gasteiger partial charge in [0.15, 0.2) is 0 Å². The predicted molar refractivity (Wildman–Crippen MR) is 70.5 cm³/mol. The highest BCUT2D eigenvalue weighted by molar-refractivity contribution is 6.42. The Hall–Kier alpha value is -0.240. The molecule has 0 amide bonds. The third-order valence-electron chi connectivity index (χ3n) is 4.00. The zero-order valence-electron chi connectivity index (χ0n) is 9.69. The van der Waals surface area contributed by atoms with Crippen molar-refractivity contribution in [3.8, 4) is 0 Å². The second-order valence-electron chi connectivity index (χ2n) is 4.65. The first-order valence-electron chi connectivity index (χ1n) is 5.73. The summed E-state index contributed by atoms with van der Waals surface area (Å²) in [6.07, 6.45) is 3.76. The van der Waals surface area contributed by atoms with E-state index >= 15 is 0 Å². The van der Waals surface area contributed by atoms with Crippen LogP contribution < -0.4 is 5.32 Å². The fraction of sp³-hybridized carbons (Fsp3) is 0.538. The molecule has 0 spiro atoms. The van der Waals surface area contributed by atoms with Gasteiger partial charge in [-0.3, -0.25) is 0 Å². The van der Waals surface area contributed by atoms with Gasteiger partial charge in [0.05, 0.1) is 10.0 Å². The first kappa shape index (κ1) is 12.2. The molecule has 0 heterocycles. The summed E-state index contributed by atoms with van der Waals surface area (Å²) in [6, 6.07) is 6.51. The SMILES string of the molecule is CNC(C)C1(c2ccc(Cl)c(Cl)c2)CCC1. The van der Waals surface area contributed by atoms with Crippen LogP contribution in [0, 0.1) is 0 Å². The average molecular weight is 258 g/mol. The molecule has 3 heteroatoms. The van der Waals surface area contributed by atoms with Crippen molar-refractivity contribution in [2.45, 2.75) is 37.6 Å². The predicted octanol–water partition coefficient (Wildman–Crippen LogP) is 4.02. The summed E-state index contributed by atoms with van der Waals surface area (Å²) in [5.74, 6) is 0. The Kier molecular flexibility index (Phi) is 3.48. The number of halogens is 2. The lowest BCUT2D eigenvalue weighted by atomic mass is 9.60. The molecule has 0 aliphatic heterocycles. The Morgan fingerprint density at radius 1 is 1.25 bits per heavy atom. The molecule has 2 rings (SSSR count). The zero-order valence-corrected chi connectivity index (χ0v) is 11.2. The molecular formula is C13H17Cl2N. The molecule has 16 heavy (non-hydrogen) atoms. The zero-order chi connectivity index (χ0) is 11.8. The summed E-state index contributed by atoms with van der Waals surface area (Å²) in [5.41, 5.74) is 1.57. The molecular weight excluding hydrogens is 241 g/mol. The van der Waals surface area contributed by atoms with E-state index in [1.165, 1.54) is 24.8 Å². The number of nitrogens with one attached hydrogen (secondary N) is 1. The number of hydrogen-bond donors (Lipinski definition) is 1. The highest BCUT2D eigenvalue weighted by Crippen LogP contribution is 2.47. The van der Waals surface area contributed by atoms with Crippen LogP contribution in [0.5, 0.6) is 0 Å². The van der Waals surface area contributed by atoms with Gasteiger partial charge in [-0.15, -0.1) is 0 Å². The Morgan fingerprint density at radius 2 is 1.94 bits per heavy atom. The van der Waals surface area contributed by atoms with Crippen LogP contribution in [0.15, 0.2) is 18.2 Å². The molecule has 1 N–H and O–H groups in total. The normalized spacial score (nSPS) is 20.2. The summed E-state index contributed by atoms with van der Waals surface area (Å²) < 4.78 is 0. The van der Waals surface area contributed by atoms with Crippen LogP contribution >= 0.6 is 23.2 Å². The maximum atomic E-state index is 6.10. The molecule has 0 aromatic heterocycles. The van der Waals surface area contributed by atoms with E-state index in [1.54, 1.807) is 0 Å². The van der Waals surface area contributed by atoms with Crippen molar-refractivity contribution in [2.75, 3.05) is 7.05 Å². The van der Waals surface area contributed by atoms with Gasteiger partial charge in [0, 0.05) is 11.5 Å². The van der Waals surface area contributed by atoms with E-state index in [-0.39, 0.29) is 5.41 Å². The fourth-order valence-electron chi connectivity index (χ4n) is 2.61. The van der Waals surface area contributed by atoms with Crippen molar-refractivity contribution in [3.63, 3.8) is 0 Å². The van der Waals surface area contributed by atoms with Crippen molar-refractivity contribution < 1.29 is 0 Å². The number of rotatable bonds is 3. The van der Waals surface area contributed by atoms with E-state index < -0.39 is 0 Å². The van der Waals surface area contributed by atoms with Crippen molar-refractivity contribution in [2.24, 2.45) is 0 Å².